The molecule has 2 rings (SSSR count). The number of nitrogens with zero attached hydrogens (tertiary/aromatic N) is 1. The molecule has 0 N–H and O–H groups in total. The second kappa shape index (κ2) is 6.61. The van der Waals surface area contributed by atoms with Crippen LogP contribution in [0.25, 0.3) is 11.3 Å². The van der Waals surface area contributed by atoms with Crippen LogP contribution in [0.5, 0.6) is 0 Å². The molecule has 0 saturated heterocycles. The molecule has 25 heavy (non-hydrogen) atoms. The number of hydrogen-bond acceptors (Lipinski definition) is 2. The number of aromatic nitrogens is 1. The van der Waals surface area contributed by atoms with Crippen LogP contribution in [-0.2, 0) is 10.0 Å². The van der Waals surface area contributed by atoms with Crippen LogP contribution in [0.4, 0.5) is 8.78 Å². The van der Waals surface area contributed by atoms with E-state index in [0.717, 1.165) is 0 Å². The Kier molecular flexibility index (Phi) is 5.22. The van der Waals surface area contributed by atoms with Gasteiger partial charge in [0.15, 0.2) is 14.1 Å². The summed E-state index contributed by atoms with van der Waals surface area (Å²) >= 11 is 0. The summed E-state index contributed by atoms with van der Waals surface area (Å²) in [7, 11) is -2.09. The summed E-state index contributed by atoms with van der Waals surface area (Å²) in [5, 5.41) is 0.0214. The Bertz CT molecular complexity index is 749. The Morgan fingerprint density at radius 1 is 0.920 bits per heavy atom. The van der Waals surface area contributed by atoms with Gasteiger partial charge in [0.2, 0.25) is 0 Å². The number of hydrogen-bond donors (Lipinski definition) is 0. The van der Waals surface area contributed by atoms with E-state index < -0.39 is 19.7 Å². The first-order valence-electron chi connectivity index (χ1n) is 8.46. The van der Waals surface area contributed by atoms with Crippen molar-refractivity contribution in [3.63, 3.8) is 0 Å². The third kappa shape index (κ3) is 4.15. The minimum Gasteiger partial charge on any atom is -0.408 e. The van der Waals surface area contributed by atoms with Crippen LogP contribution in [0.1, 0.15) is 40.2 Å². The van der Waals surface area contributed by atoms with Crippen molar-refractivity contribution in [1.29, 1.82) is 0 Å². The predicted molar refractivity (Wildman–Crippen MR) is 101 cm³/mol. The van der Waals surface area contributed by atoms with E-state index in [9.17, 15) is 4.39 Å². The topological polar surface area (TPSA) is 22.1 Å². The molecular formula is C20H27F2NOSi. The van der Waals surface area contributed by atoms with E-state index in [1.165, 1.54) is 24.3 Å². The summed E-state index contributed by atoms with van der Waals surface area (Å²) < 4.78 is 34.8. The number of benzene rings is 1. The van der Waals surface area contributed by atoms with Crippen molar-refractivity contribution in [1.82, 2.24) is 4.98 Å². The fourth-order valence-corrected chi connectivity index (χ4v) is 4.26. The summed E-state index contributed by atoms with van der Waals surface area (Å²) in [4.78, 5) is 4.16. The molecule has 5 heteroatoms. The molecule has 0 spiro atoms. The molecule has 1 aromatic carbocycles. The van der Waals surface area contributed by atoms with Crippen molar-refractivity contribution in [2.75, 3.05) is 0 Å². The second-order valence-corrected chi connectivity index (χ2v) is 13.1. The highest BCUT2D eigenvalue weighted by molar-refractivity contribution is 6.74. The molecule has 0 aliphatic carbocycles. The number of pyridine rings is 1. The van der Waals surface area contributed by atoms with Crippen molar-refractivity contribution in [2.45, 2.75) is 58.4 Å². The average molecular weight is 364 g/mol. The van der Waals surface area contributed by atoms with Gasteiger partial charge >= 0.3 is 0 Å². The standard InChI is InChI=1S/C20H27F2NOSi/c1-19(2,3)25(6,7)24-20(4,5)16-12-13-23-18(17(16)22)14-8-10-15(21)11-9-14/h8-13H,1-7H3. The third-order valence-electron chi connectivity index (χ3n) is 4.97. The summed E-state index contributed by atoms with van der Waals surface area (Å²) in [6.07, 6.45) is 1.58. The molecule has 136 valence electrons. The van der Waals surface area contributed by atoms with Gasteiger partial charge in [-0.1, -0.05) is 20.8 Å². The predicted octanol–water partition coefficient (Wildman–Crippen LogP) is 6.28. The second-order valence-electron chi connectivity index (χ2n) is 8.40. The Morgan fingerprint density at radius 3 is 2.00 bits per heavy atom. The summed E-state index contributed by atoms with van der Waals surface area (Å²) in [5.74, 6) is -0.778. The van der Waals surface area contributed by atoms with Crippen LogP contribution >= 0.6 is 0 Å². The lowest BCUT2D eigenvalue weighted by molar-refractivity contribution is 0.0861. The van der Waals surface area contributed by atoms with Crippen LogP contribution < -0.4 is 0 Å². The summed E-state index contributed by atoms with van der Waals surface area (Å²) in [6.45, 7) is 14.5. The van der Waals surface area contributed by atoms with Gasteiger partial charge in [0, 0.05) is 17.3 Å². The highest BCUT2D eigenvalue weighted by atomic mass is 28.4. The SMILES string of the molecule is CC(C)(O[Si](C)(C)C(C)(C)C)c1ccnc(-c2ccc(F)cc2)c1F. The maximum absolute atomic E-state index is 15.2. The normalized spacial score (nSPS) is 13.2. The van der Waals surface area contributed by atoms with Crippen LogP contribution in [-0.4, -0.2) is 13.3 Å². The van der Waals surface area contributed by atoms with Gasteiger partial charge in [0.1, 0.15) is 11.5 Å². The molecule has 1 heterocycles. The zero-order valence-electron chi connectivity index (χ0n) is 16.1. The van der Waals surface area contributed by atoms with Gasteiger partial charge in [-0.2, -0.15) is 0 Å². The average Bonchev–Trinajstić information content (AvgIpc) is 2.46. The first kappa shape index (κ1) is 19.7. The number of rotatable bonds is 4. The fourth-order valence-electron chi connectivity index (χ4n) is 2.56. The van der Waals surface area contributed by atoms with Crippen LogP contribution in [0, 0.1) is 11.6 Å². The highest BCUT2D eigenvalue weighted by Crippen LogP contribution is 2.42. The van der Waals surface area contributed by atoms with E-state index in [1.54, 1.807) is 12.3 Å². The molecule has 0 unspecified atom stereocenters. The monoisotopic (exact) mass is 363 g/mol. The van der Waals surface area contributed by atoms with Crippen LogP contribution in [0.15, 0.2) is 36.5 Å². The lowest BCUT2D eigenvalue weighted by atomic mass is 9.96. The molecule has 0 aliphatic heterocycles. The van der Waals surface area contributed by atoms with Crippen LogP contribution in [0.3, 0.4) is 0 Å². The van der Waals surface area contributed by atoms with E-state index >= 15 is 4.39 Å². The van der Waals surface area contributed by atoms with Crippen molar-refractivity contribution in [2.24, 2.45) is 0 Å². The maximum Gasteiger partial charge on any atom is 0.193 e. The highest BCUT2D eigenvalue weighted by Gasteiger charge is 2.42. The lowest BCUT2D eigenvalue weighted by Crippen LogP contribution is -2.46. The summed E-state index contributed by atoms with van der Waals surface area (Å²) in [5.41, 5.74) is 0.435. The molecule has 0 radical (unpaired) electrons. The van der Waals surface area contributed by atoms with Gasteiger partial charge < -0.3 is 4.43 Å². The Morgan fingerprint density at radius 2 is 1.48 bits per heavy atom. The molecule has 2 nitrogen and oxygen atoms in total. The van der Waals surface area contributed by atoms with Crippen LogP contribution in [0.2, 0.25) is 18.1 Å². The molecule has 0 fully saturated rings. The smallest absolute Gasteiger partial charge is 0.193 e. The molecular weight excluding hydrogens is 336 g/mol. The van der Waals surface area contributed by atoms with E-state index in [-0.39, 0.29) is 16.5 Å². The quantitative estimate of drug-likeness (QED) is 0.596. The van der Waals surface area contributed by atoms with E-state index in [1.807, 2.05) is 13.8 Å². The summed E-state index contributed by atoms with van der Waals surface area (Å²) in [6, 6.07) is 7.34. The Labute approximate surface area is 150 Å². The zero-order valence-corrected chi connectivity index (χ0v) is 17.1. The molecule has 0 saturated carbocycles. The zero-order chi connectivity index (χ0) is 19.0. The third-order valence-corrected chi connectivity index (χ3v) is 9.60. The Balaban J connectivity index is 2.46. The van der Waals surface area contributed by atoms with Gasteiger partial charge in [-0.15, -0.1) is 0 Å². The molecule has 0 amide bonds. The molecule has 0 atom stereocenters. The first-order valence-corrected chi connectivity index (χ1v) is 11.4. The van der Waals surface area contributed by atoms with Gasteiger partial charge in [-0.3, -0.25) is 4.98 Å². The van der Waals surface area contributed by atoms with E-state index in [0.29, 0.717) is 11.1 Å². The fraction of sp³-hybridized carbons (Fsp3) is 0.450. The van der Waals surface area contributed by atoms with Gasteiger partial charge in [0.05, 0.1) is 5.60 Å². The molecule has 0 bridgehead atoms. The van der Waals surface area contributed by atoms with E-state index in [4.69, 9.17) is 4.43 Å². The molecule has 2 aromatic rings. The minimum atomic E-state index is -2.09. The van der Waals surface area contributed by atoms with Crippen molar-refractivity contribution in [3.05, 3.63) is 53.7 Å². The van der Waals surface area contributed by atoms with Crippen molar-refractivity contribution in [3.8, 4) is 11.3 Å². The molecule has 1 aromatic heterocycles. The number of halogens is 2. The van der Waals surface area contributed by atoms with Gasteiger partial charge in [-0.05, 0) is 62.3 Å². The van der Waals surface area contributed by atoms with E-state index in [2.05, 4.69) is 38.8 Å². The van der Waals surface area contributed by atoms with Gasteiger partial charge in [0.25, 0.3) is 0 Å². The lowest BCUT2D eigenvalue weighted by Gasteiger charge is -2.43. The first-order chi connectivity index (χ1) is 11.3. The minimum absolute atomic E-state index is 0.0214. The molecule has 0 aliphatic rings. The maximum atomic E-state index is 15.2. The van der Waals surface area contributed by atoms with Crippen molar-refractivity contribution < 1.29 is 13.2 Å². The van der Waals surface area contributed by atoms with Crippen molar-refractivity contribution >= 4 is 8.32 Å². The Hall–Kier alpha value is -1.59. The largest absolute Gasteiger partial charge is 0.408 e. The van der Waals surface area contributed by atoms with Gasteiger partial charge in [-0.25, -0.2) is 8.78 Å².